The summed E-state index contributed by atoms with van der Waals surface area (Å²) < 4.78 is 56.7. The van der Waals surface area contributed by atoms with E-state index in [1.165, 1.54) is 7.11 Å². The highest BCUT2D eigenvalue weighted by Gasteiger charge is 2.73. The van der Waals surface area contributed by atoms with Crippen LogP contribution in [-0.2, 0) is 28.8 Å². The summed E-state index contributed by atoms with van der Waals surface area (Å²) in [6.07, 6.45) is -1.10. The molecule has 4 aliphatic carbocycles. The Morgan fingerprint density at radius 1 is 1.04 bits per heavy atom. The first-order chi connectivity index (χ1) is 22.3. The third kappa shape index (κ3) is 6.58. The summed E-state index contributed by atoms with van der Waals surface area (Å²) in [5, 5.41) is 66.7. The number of allylic oxidation sites excluding steroid dienone is 1. The fraction of sp³-hybridized carbons (Fsp3) is 0.882. The monoisotopic (exact) mass is 704 g/mol. The molecule has 1 aliphatic heterocycles. The Morgan fingerprint density at radius 3 is 2.33 bits per heavy atom. The van der Waals surface area contributed by atoms with E-state index in [0.29, 0.717) is 31.3 Å². The number of aliphatic hydroxyl groups is 6. The van der Waals surface area contributed by atoms with Crippen molar-refractivity contribution < 1.29 is 62.0 Å². The van der Waals surface area contributed by atoms with Gasteiger partial charge in [0.2, 0.25) is 0 Å². The van der Waals surface area contributed by atoms with Gasteiger partial charge in [0, 0.05) is 32.0 Å². The summed E-state index contributed by atoms with van der Waals surface area (Å²) in [4.78, 5) is 0. The molecular weight excluding hydrogens is 648 g/mol. The quantitative estimate of drug-likeness (QED) is 0.127. The van der Waals surface area contributed by atoms with Crippen LogP contribution in [0.2, 0.25) is 0 Å². The number of fused-ring (bicyclic) bond motifs is 5. The van der Waals surface area contributed by atoms with E-state index in [2.05, 4.69) is 0 Å². The second-order valence-corrected chi connectivity index (χ2v) is 16.9. The van der Waals surface area contributed by atoms with Gasteiger partial charge in [0.25, 0.3) is 0 Å². The fourth-order valence-corrected chi connectivity index (χ4v) is 11.0. The highest BCUT2D eigenvalue weighted by atomic mass is 32.3. The summed E-state index contributed by atoms with van der Waals surface area (Å²) >= 11 is 0. The maximum Gasteiger partial charge on any atom is 0.397 e. The molecule has 0 radical (unpaired) electrons. The highest BCUT2D eigenvalue weighted by Crippen LogP contribution is 2.69. The van der Waals surface area contributed by atoms with Crippen molar-refractivity contribution >= 4 is 10.4 Å². The van der Waals surface area contributed by atoms with Crippen molar-refractivity contribution in [3.05, 3.63) is 23.8 Å². The van der Waals surface area contributed by atoms with Crippen LogP contribution >= 0.6 is 0 Å². The van der Waals surface area contributed by atoms with Gasteiger partial charge in [-0.15, -0.1) is 0 Å². The van der Waals surface area contributed by atoms with E-state index < -0.39 is 93.6 Å². The number of methoxy groups -OCH3 is 1. The molecule has 0 aromatic heterocycles. The molecule has 48 heavy (non-hydrogen) atoms. The van der Waals surface area contributed by atoms with E-state index in [9.17, 15) is 43.6 Å². The molecule has 7 N–H and O–H groups in total. The lowest BCUT2D eigenvalue weighted by Crippen LogP contribution is -2.66. The van der Waals surface area contributed by atoms with E-state index >= 15 is 0 Å². The molecule has 0 spiro atoms. The van der Waals surface area contributed by atoms with Crippen LogP contribution in [0.3, 0.4) is 0 Å². The molecule has 276 valence electrons. The number of hydrogen-bond acceptors (Lipinski definition) is 12. The average Bonchev–Trinajstić information content (AvgIpc) is 3.20. The van der Waals surface area contributed by atoms with Crippen LogP contribution in [0.1, 0.15) is 66.7 Å². The van der Waals surface area contributed by atoms with E-state index in [0.717, 1.165) is 0 Å². The van der Waals surface area contributed by atoms with Gasteiger partial charge in [0.15, 0.2) is 6.29 Å². The molecular formula is C34H56O13S. The first-order valence-corrected chi connectivity index (χ1v) is 18.6. The molecule has 5 aliphatic rings. The Bertz CT molecular complexity index is 1320. The van der Waals surface area contributed by atoms with Crippen molar-refractivity contribution in [3.8, 4) is 0 Å². The van der Waals surface area contributed by atoms with Gasteiger partial charge in [0.1, 0.15) is 24.4 Å². The third-order valence-corrected chi connectivity index (χ3v) is 13.2. The maximum absolute atomic E-state index is 12.8. The minimum absolute atomic E-state index is 0.0478. The average molecular weight is 705 g/mol. The zero-order chi connectivity index (χ0) is 35.6. The number of rotatable bonds is 10. The molecule has 5 rings (SSSR count). The van der Waals surface area contributed by atoms with E-state index in [-0.39, 0.29) is 37.4 Å². The molecule has 14 heteroatoms. The summed E-state index contributed by atoms with van der Waals surface area (Å²) in [7, 11) is -3.64. The first kappa shape index (κ1) is 38.2. The lowest BCUT2D eigenvalue weighted by molar-refractivity contribution is -0.285. The van der Waals surface area contributed by atoms with Crippen LogP contribution in [0.15, 0.2) is 23.8 Å². The van der Waals surface area contributed by atoms with Crippen LogP contribution in [0.4, 0.5) is 0 Å². The van der Waals surface area contributed by atoms with Gasteiger partial charge in [-0.1, -0.05) is 52.8 Å². The fourth-order valence-electron chi connectivity index (χ4n) is 10.5. The van der Waals surface area contributed by atoms with Gasteiger partial charge in [-0.2, -0.15) is 8.42 Å². The summed E-state index contributed by atoms with van der Waals surface area (Å²) in [6.45, 7) is 9.65. The zero-order valence-corrected chi connectivity index (χ0v) is 29.6. The van der Waals surface area contributed by atoms with Gasteiger partial charge in [0.05, 0.1) is 30.5 Å². The summed E-state index contributed by atoms with van der Waals surface area (Å²) in [5.74, 6) is -2.21. The minimum Gasteiger partial charge on any atom is -0.396 e. The Kier molecular flexibility index (Phi) is 11.0. The Morgan fingerprint density at radius 2 is 1.73 bits per heavy atom. The molecule has 0 bridgehead atoms. The van der Waals surface area contributed by atoms with Gasteiger partial charge in [-0.05, 0) is 65.8 Å². The van der Waals surface area contributed by atoms with Crippen LogP contribution in [0.5, 0.6) is 0 Å². The number of aliphatic hydroxyl groups excluding tert-OH is 5. The number of ether oxygens (including phenoxy) is 3. The molecule has 7 unspecified atom stereocenters. The molecule has 4 fully saturated rings. The minimum atomic E-state index is -5.03. The Hall–Kier alpha value is -1.01. The van der Waals surface area contributed by atoms with Crippen molar-refractivity contribution in [2.24, 2.45) is 46.3 Å². The Balaban J connectivity index is 1.47. The molecule has 1 saturated heterocycles. The standard InChI is InChI=1S/C34H56O13S/c1-17(2)19(15-35)8-7-18(3)25-27(39)28(47-48(41,42)43)30-33(25,5)12-10-24-32(4)11-9-20(13-21(32)22(36)14-34(24,30)40)46-31-29(44-6)26(38)23(37)16-45-31/h7-8,13,17-20,22-31,35-40H,9-12,14-16H2,1-6H3,(H,41,42,43)/b8-7+/t18-,19-,20+,22-,23?,24?,25+,26?,27-,28?,29?,30?,31?,32+,33-,34+/m1/s1. The van der Waals surface area contributed by atoms with E-state index in [1.807, 2.05) is 52.8 Å². The normalized spacial score (nSPS) is 47.7. The Labute approximate surface area is 283 Å². The van der Waals surface area contributed by atoms with Gasteiger partial charge < -0.3 is 44.8 Å². The van der Waals surface area contributed by atoms with Crippen molar-refractivity contribution in [1.82, 2.24) is 0 Å². The van der Waals surface area contributed by atoms with Crippen molar-refractivity contribution in [2.45, 2.75) is 121 Å². The number of hydrogen-bond donors (Lipinski definition) is 7. The van der Waals surface area contributed by atoms with Crippen LogP contribution < -0.4 is 0 Å². The molecule has 16 atom stereocenters. The van der Waals surface area contributed by atoms with Crippen molar-refractivity contribution in [2.75, 3.05) is 20.3 Å². The first-order valence-electron chi connectivity index (χ1n) is 17.2. The molecule has 1 heterocycles. The molecule has 3 saturated carbocycles. The smallest absolute Gasteiger partial charge is 0.396 e. The van der Waals surface area contributed by atoms with Crippen LogP contribution in [-0.4, -0.2) is 119 Å². The molecule has 0 aromatic rings. The van der Waals surface area contributed by atoms with Gasteiger partial charge in [-0.25, -0.2) is 4.18 Å². The van der Waals surface area contributed by atoms with E-state index in [1.54, 1.807) is 0 Å². The molecule has 0 amide bonds. The van der Waals surface area contributed by atoms with Gasteiger partial charge in [-0.3, -0.25) is 4.55 Å². The maximum atomic E-state index is 12.8. The van der Waals surface area contributed by atoms with E-state index in [4.69, 9.17) is 18.4 Å². The zero-order valence-electron chi connectivity index (χ0n) is 28.8. The summed E-state index contributed by atoms with van der Waals surface area (Å²) in [6, 6.07) is 0. The third-order valence-electron chi connectivity index (χ3n) is 12.8. The predicted molar refractivity (Wildman–Crippen MR) is 172 cm³/mol. The lowest BCUT2D eigenvalue weighted by atomic mass is 9.43. The predicted octanol–water partition coefficient (Wildman–Crippen LogP) is 1.35. The molecule has 13 nitrogen and oxygen atoms in total. The van der Waals surface area contributed by atoms with Crippen molar-refractivity contribution in [3.63, 3.8) is 0 Å². The second kappa shape index (κ2) is 13.8. The van der Waals surface area contributed by atoms with Gasteiger partial charge >= 0.3 is 10.4 Å². The SMILES string of the molecule is COC1C(O[C@@H]2C=C3[C@H](O)C[C@]4(O)C(CC[C@@]5(C)C4C(OS(=O)(=O)O)[C@H](O)[C@@H]5[C@H](C)/C=C/[C@H](CO)C(C)C)[C@@]3(C)CC2)OCC(O)C1O. The van der Waals surface area contributed by atoms with Crippen LogP contribution in [0, 0.1) is 46.3 Å². The summed E-state index contributed by atoms with van der Waals surface area (Å²) in [5.41, 5.74) is -2.54. The largest absolute Gasteiger partial charge is 0.397 e. The van der Waals surface area contributed by atoms with Crippen LogP contribution in [0.25, 0.3) is 0 Å². The van der Waals surface area contributed by atoms with Crippen molar-refractivity contribution in [1.29, 1.82) is 0 Å². The molecule has 0 aromatic carbocycles. The topological polar surface area (TPSA) is 213 Å². The second-order valence-electron chi connectivity index (χ2n) is 15.8. The highest BCUT2D eigenvalue weighted by molar-refractivity contribution is 7.80. The lowest BCUT2D eigenvalue weighted by Gasteiger charge is -2.64.